The lowest BCUT2D eigenvalue weighted by molar-refractivity contribution is 0.296. The van der Waals surface area contributed by atoms with Crippen molar-refractivity contribution in [2.24, 2.45) is 0 Å². The Morgan fingerprint density at radius 3 is 2.40 bits per heavy atom. The van der Waals surface area contributed by atoms with Crippen LogP contribution in [0.15, 0.2) is 0 Å². The molecule has 0 aliphatic carbocycles. The van der Waals surface area contributed by atoms with Crippen molar-refractivity contribution >= 4 is 0 Å². The molecule has 0 aromatic heterocycles. The van der Waals surface area contributed by atoms with E-state index in [9.17, 15) is 0 Å². The van der Waals surface area contributed by atoms with E-state index in [1.54, 1.807) is 7.05 Å². The van der Waals surface area contributed by atoms with Gasteiger partial charge < -0.3 is 10.4 Å². The maximum absolute atomic E-state index is 8.00. The van der Waals surface area contributed by atoms with Crippen molar-refractivity contribution in [1.29, 1.82) is 0 Å². The fraction of sp³-hybridized carbons (Fsp3) is 1.00. The molecule has 0 radical (unpaired) electrons. The second kappa shape index (κ2) is 3.92. The minimum atomic E-state index is 0.233. The molecule has 0 amide bonds. The summed E-state index contributed by atoms with van der Waals surface area (Å²) in [6.45, 7) is 0.927. The average Bonchev–Trinajstić information content (AvgIpc) is 1.41. The monoisotopic (exact) mass is 77.1 g/mol. The largest absolute Gasteiger partial charge is 0.395 e. The summed E-state index contributed by atoms with van der Waals surface area (Å²) in [5.74, 6) is 0. The smallest absolute Gasteiger partial charge is 0.0555 e. The first-order valence-electron chi connectivity index (χ1n) is 1.67. The molecule has 2 heteroatoms. The van der Waals surface area contributed by atoms with Gasteiger partial charge in [-0.1, -0.05) is 0 Å². The SMILES string of the molecule is CN[13CH2][13CH2]O. The molecule has 0 aromatic rings. The van der Waals surface area contributed by atoms with Gasteiger partial charge in [0.15, 0.2) is 0 Å². The second-order valence-electron chi connectivity index (χ2n) is 0.827. The summed E-state index contributed by atoms with van der Waals surface area (Å²) in [6, 6.07) is 0. The molecule has 0 rings (SSSR count). The Balaban J connectivity index is 2.19. The Labute approximate surface area is 31.8 Å². The first-order chi connectivity index (χ1) is 2.41. The fourth-order valence-corrected chi connectivity index (χ4v) is 0.112. The number of aliphatic hydroxyl groups excluding tert-OH is 1. The molecular formula is C3H9NO. The van der Waals surface area contributed by atoms with Crippen molar-refractivity contribution in [3.63, 3.8) is 0 Å². The maximum Gasteiger partial charge on any atom is 0.0555 e. The normalized spacial score (nSPS) is 8.40. The number of nitrogens with one attached hydrogen (secondary N) is 1. The number of likely N-dealkylation sites (N-methyl/N-ethyl adjacent to an activating group) is 1. The van der Waals surface area contributed by atoms with E-state index in [2.05, 4.69) is 5.32 Å². The highest BCUT2D eigenvalue weighted by atomic mass is 16.3. The van der Waals surface area contributed by atoms with E-state index in [1.807, 2.05) is 0 Å². The van der Waals surface area contributed by atoms with Crippen LogP contribution in [0.1, 0.15) is 0 Å². The molecule has 0 fully saturated rings. The van der Waals surface area contributed by atoms with Gasteiger partial charge in [0.25, 0.3) is 0 Å². The van der Waals surface area contributed by atoms with E-state index in [-0.39, 0.29) is 6.61 Å². The zero-order valence-electron chi connectivity index (χ0n) is 3.36. The molecule has 0 saturated heterocycles. The number of aliphatic hydroxyl groups is 1. The molecule has 0 bridgehead atoms. The Bertz CT molecular complexity index is 14.4. The third kappa shape index (κ3) is 3.92. The van der Waals surface area contributed by atoms with Gasteiger partial charge in [0, 0.05) is 6.54 Å². The number of rotatable bonds is 2. The van der Waals surface area contributed by atoms with Crippen LogP contribution in [0.5, 0.6) is 0 Å². The van der Waals surface area contributed by atoms with Crippen molar-refractivity contribution < 1.29 is 5.11 Å². The Morgan fingerprint density at radius 1 is 1.80 bits per heavy atom. The predicted octanol–water partition coefficient (Wildman–Crippen LogP) is -0.802. The van der Waals surface area contributed by atoms with Crippen LogP contribution in [0.3, 0.4) is 0 Å². The molecule has 0 saturated carbocycles. The number of hydrogen-bond acceptors (Lipinski definition) is 2. The van der Waals surface area contributed by atoms with Crippen molar-refractivity contribution in [1.82, 2.24) is 5.32 Å². The minimum Gasteiger partial charge on any atom is -0.395 e. The molecule has 0 aliphatic rings. The van der Waals surface area contributed by atoms with Gasteiger partial charge in [-0.15, -0.1) is 0 Å². The van der Waals surface area contributed by atoms with E-state index >= 15 is 0 Å². The van der Waals surface area contributed by atoms with Gasteiger partial charge >= 0.3 is 0 Å². The molecule has 0 atom stereocenters. The highest BCUT2D eigenvalue weighted by molar-refractivity contribution is 4.27. The molecule has 5 heavy (non-hydrogen) atoms. The quantitative estimate of drug-likeness (QED) is 0.423. The highest BCUT2D eigenvalue weighted by Crippen LogP contribution is 1.42. The van der Waals surface area contributed by atoms with E-state index in [4.69, 9.17) is 5.11 Å². The first-order valence-corrected chi connectivity index (χ1v) is 1.67. The molecule has 2 N–H and O–H groups in total. The van der Waals surface area contributed by atoms with Crippen LogP contribution >= 0.6 is 0 Å². The molecule has 0 heterocycles. The molecule has 32 valence electrons. The summed E-state index contributed by atoms with van der Waals surface area (Å²) in [7, 11) is 1.80. The summed E-state index contributed by atoms with van der Waals surface area (Å²) >= 11 is 0. The van der Waals surface area contributed by atoms with Crippen molar-refractivity contribution in [2.45, 2.75) is 0 Å². The molecule has 0 aromatic carbocycles. The summed E-state index contributed by atoms with van der Waals surface area (Å²) in [5, 5.41) is 10.8. The lowest BCUT2D eigenvalue weighted by Crippen LogP contribution is -2.10. The maximum atomic E-state index is 8.00. The van der Waals surface area contributed by atoms with Crippen molar-refractivity contribution in [3.05, 3.63) is 0 Å². The zero-order valence-corrected chi connectivity index (χ0v) is 3.36. The minimum absolute atomic E-state index is 0.233. The topological polar surface area (TPSA) is 32.3 Å². The zero-order chi connectivity index (χ0) is 4.12. The van der Waals surface area contributed by atoms with Crippen LogP contribution < -0.4 is 5.32 Å². The molecule has 2 nitrogen and oxygen atoms in total. The van der Waals surface area contributed by atoms with Crippen molar-refractivity contribution in [2.75, 3.05) is 20.2 Å². The van der Waals surface area contributed by atoms with Crippen LogP contribution in [0.2, 0.25) is 0 Å². The lowest BCUT2D eigenvalue weighted by Gasteiger charge is -1.84. The first kappa shape index (κ1) is 4.92. The third-order valence-corrected chi connectivity index (χ3v) is 0.362. The molecule has 0 spiro atoms. The van der Waals surface area contributed by atoms with Gasteiger partial charge in [0.2, 0.25) is 0 Å². The number of hydrogen-bond donors (Lipinski definition) is 2. The summed E-state index contributed by atoms with van der Waals surface area (Å²) in [4.78, 5) is 0. The van der Waals surface area contributed by atoms with E-state index in [0.29, 0.717) is 6.54 Å². The Kier molecular flexibility index (Phi) is 3.86. The molecular weight excluding hydrogens is 68.0 g/mol. The van der Waals surface area contributed by atoms with E-state index in [0.717, 1.165) is 0 Å². The molecule has 0 unspecified atom stereocenters. The van der Waals surface area contributed by atoms with Gasteiger partial charge in [-0.2, -0.15) is 0 Å². The molecule has 0 aliphatic heterocycles. The van der Waals surface area contributed by atoms with Crippen LogP contribution in [0.4, 0.5) is 0 Å². The van der Waals surface area contributed by atoms with Crippen molar-refractivity contribution in [3.8, 4) is 0 Å². The van der Waals surface area contributed by atoms with E-state index in [1.165, 1.54) is 0 Å². The lowest BCUT2D eigenvalue weighted by atomic mass is 11.4. The Morgan fingerprint density at radius 2 is 2.40 bits per heavy atom. The fourth-order valence-electron chi connectivity index (χ4n) is 0.112. The summed E-state index contributed by atoms with van der Waals surface area (Å²) < 4.78 is 0. The van der Waals surface area contributed by atoms with Gasteiger partial charge in [0.1, 0.15) is 0 Å². The van der Waals surface area contributed by atoms with Gasteiger partial charge in [-0.3, -0.25) is 0 Å². The second-order valence-corrected chi connectivity index (χ2v) is 0.827. The summed E-state index contributed by atoms with van der Waals surface area (Å²) in [6.07, 6.45) is 0. The Hall–Kier alpha value is -0.0800. The van der Waals surface area contributed by atoms with Gasteiger partial charge in [-0.25, -0.2) is 0 Å². The predicted molar refractivity (Wildman–Crippen MR) is 21.0 cm³/mol. The van der Waals surface area contributed by atoms with Crippen LogP contribution in [0, 0.1) is 0 Å². The van der Waals surface area contributed by atoms with Crippen LogP contribution in [-0.2, 0) is 0 Å². The van der Waals surface area contributed by atoms with Gasteiger partial charge in [0.05, 0.1) is 6.61 Å². The van der Waals surface area contributed by atoms with Gasteiger partial charge in [-0.05, 0) is 7.05 Å². The third-order valence-electron chi connectivity index (χ3n) is 0.362. The van der Waals surface area contributed by atoms with Crippen LogP contribution in [0.25, 0.3) is 0 Å². The van der Waals surface area contributed by atoms with Crippen LogP contribution in [-0.4, -0.2) is 25.3 Å². The standard InChI is InChI=1S/C3H9NO/c1-4-2-3-5/h4-5H,2-3H2,1H3/i2+1,3+1. The van der Waals surface area contributed by atoms with E-state index < -0.39 is 0 Å². The summed E-state index contributed by atoms with van der Waals surface area (Å²) in [5.41, 5.74) is 0. The highest BCUT2D eigenvalue weighted by Gasteiger charge is 1.65. The average molecular weight is 77.1 g/mol.